The molecule has 13 nitrogen and oxygen atoms in total. The van der Waals surface area contributed by atoms with E-state index in [1.54, 1.807) is 0 Å². The number of primary amides is 1. The van der Waals surface area contributed by atoms with Crippen molar-refractivity contribution in [1.82, 2.24) is 14.5 Å². The average molecular weight is 387 g/mol. The monoisotopic (exact) mass is 387 g/mol. The smallest absolute Gasteiger partial charge is 0.469 e. The topological polar surface area (TPSA) is 216 Å². The molecule has 1 aliphatic heterocycles. The van der Waals surface area contributed by atoms with Gasteiger partial charge in [-0.1, -0.05) is 0 Å². The number of aromatic amines is 1. The van der Waals surface area contributed by atoms with E-state index in [4.69, 9.17) is 26.0 Å². The maximum absolute atomic E-state index is 12.1. The number of phosphoric ester groups is 1. The number of nitrogen functional groups attached to an aromatic ring is 1. The zero-order chi connectivity index (χ0) is 19.2. The highest BCUT2D eigenvalue weighted by Gasteiger charge is 2.32. The van der Waals surface area contributed by atoms with E-state index >= 15 is 0 Å². The number of hydrogen-bond donors (Lipinski definition) is 6. The van der Waals surface area contributed by atoms with Crippen LogP contribution in [0, 0.1) is 0 Å². The molecule has 2 atom stereocenters. The molecule has 8 N–H and O–H groups in total. The highest BCUT2D eigenvalue weighted by Crippen LogP contribution is 2.38. The first kappa shape index (κ1) is 18.1. The van der Waals surface area contributed by atoms with Crippen LogP contribution in [0.2, 0.25) is 0 Å². The molecule has 140 valence electrons. The van der Waals surface area contributed by atoms with Gasteiger partial charge in [-0.25, -0.2) is 4.57 Å². The van der Waals surface area contributed by atoms with Crippen molar-refractivity contribution in [2.75, 3.05) is 12.3 Å². The molecule has 0 spiro atoms. The standard InChI is InChI=1S/C12H14N5O8P/c13-9(19)4-2-17(10-8(4)11(20)16-12(14)15-10)7-1-5(18)6(25-7)3-24-26(21,22)23/h1-2,6-7,18H,3H2,(H2,13,19)(H2,21,22,23)(H3,14,15,16,20). The molecule has 14 heteroatoms. The van der Waals surface area contributed by atoms with Crippen LogP contribution < -0.4 is 17.0 Å². The molecule has 1 aliphatic rings. The number of amides is 1. The fraction of sp³-hybridized carbons (Fsp3) is 0.250. The zero-order valence-electron chi connectivity index (χ0n) is 12.9. The van der Waals surface area contributed by atoms with E-state index in [2.05, 4.69) is 14.5 Å². The van der Waals surface area contributed by atoms with E-state index < -0.39 is 38.2 Å². The van der Waals surface area contributed by atoms with Gasteiger partial charge in [-0.15, -0.1) is 0 Å². The molecule has 2 unspecified atom stereocenters. The van der Waals surface area contributed by atoms with Crippen LogP contribution in [-0.2, 0) is 13.8 Å². The highest BCUT2D eigenvalue weighted by molar-refractivity contribution is 7.46. The van der Waals surface area contributed by atoms with Gasteiger partial charge < -0.3 is 35.7 Å². The summed E-state index contributed by atoms with van der Waals surface area (Å²) >= 11 is 0. The number of aromatic nitrogens is 3. The van der Waals surface area contributed by atoms with E-state index in [0.29, 0.717) is 0 Å². The van der Waals surface area contributed by atoms with E-state index in [0.717, 1.165) is 0 Å². The minimum absolute atomic E-state index is 0.0225. The van der Waals surface area contributed by atoms with Crippen LogP contribution in [0.3, 0.4) is 0 Å². The molecule has 1 amide bonds. The van der Waals surface area contributed by atoms with Gasteiger partial charge in [0.05, 0.1) is 17.6 Å². The number of carbonyl (C=O) groups is 1. The van der Waals surface area contributed by atoms with E-state index in [9.17, 15) is 19.3 Å². The number of rotatable bonds is 5. The number of aliphatic hydroxyl groups excluding tert-OH is 1. The molecule has 0 fully saturated rings. The van der Waals surface area contributed by atoms with E-state index in [1.807, 2.05) is 0 Å². The van der Waals surface area contributed by atoms with Gasteiger partial charge in [0.25, 0.3) is 11.5 Å². The number of nitrogens with two attached hydrogens (primary N) is 2. The van der Waals surface area contributed by atoms with Crippen molar-refractivity contribution in [3.63, 3.8) is 0 Å². The predicted molar refractivity (Wildman–Crippen MR) is 85.9 cm³/mol. The molecule has 2 aromatic rings. The Bertz CT molecular complexity index is 1020. The summed E-state index contributed by atoms with van der Waals surface area (Å²) in [6.07, 6.45) is 0.165. The number of H-pyrrole nitrogens is 1. The Morgan fingerprint density at radius 3 is 2.81 bits per heavy atom. The van der Waals surface area contributed by atoms with Gasteiger partial charge in [0.2, 0.25) is 5.95 Å². The first-order valence-electron chi connectivity index (χ1n) is 7.03. The van der Waals surface area contributed by atoms with Crippen LogP contribution in [0.4, 0.5) is 5.95 Å². The van der Waals surface area contributed by atoms with Crippen molar-refractivity contribution in [1.29, 1.82) is 0 Å². The lowest BCUT2D eigenvalue weighted by Gasteiger charge is -2.16. The normalized spacial score (nSPS) is 20.5. The maximum Gasteiger partial charge on any atom is 0.469 e. The van der Waals surface area contributed by atoms with Gasteiger partial charge in [0.15, 0.2) is 11.9 Å². The largest absolute Gasteiger partial charge is 0.510 e. The van der Waals surface area contributed by atoms with Crippen LogP contribution in [-0.4, -0.2) is 48.0 Å². The quantitative estimate of drug-likeness (QED) is 0.339. The number of nitrogens with zero attached hydrogens (tertiary/aromatic N) is 2. The Labute approximate surface area is 144 Å². The molecule has 0 saturated carbocycles. The van der Waals surface area contributed by atoms with Crippen molar-refractivity contribution in [3.05, 3.63) is 33.9 Å². The van der Waals surface area contributed by atoms with Crippen molar-refractivity contribution < 1.29 is 33.5 Å². The molecule has 0 saturated heterocycles. The first-order valence-corrected chi connectivity index (χ1v) is 8.56. The summed E-state index contributed by atoms with van der Waals surface area (Å²) in [6.45, 7) is -0.624. The average Bonchev–Trinajstić information content (AvgIpc) is 3.05. The minimum Gasteiger partial charge on any atom is -0.510 e. The lowest BCUT2D eigenvalue weighted by atomic mass is 10.2. The zero-order valence-corrected chi connectivity index (χ0v) is 13.8. The maximum atomic E-state index is 12.1. The summed E-state index contributed by atoms with van der Waals surface area (Å²) < 4.78 is 21.7. The number of fused-ring (bicyclic) bond motifs is 1. The third kappa shape index (κ3) is 3.34. The highest BCUT2D eigenvalue weighted by atomic mass is 31.2. The number of ether oxygens (including phenoxy) is 1. The summed E-state index contributed by atoms with van der Waals surface area (Å²) in [5, 5.41) is 9.79. The van der Waals surface area contributed by atoms with Crippen LogP contribution in [0.25, 0.3) is 11.0 Å². The second-order valence-electron chi connectivity index (χ2n) is 5.36. The molecule has 0 aliphatic carbocycles. The molecule has 0 bridgehead atoms. The number of nitrogens with one attached hydrogen (secondary N) is 1. The van der Waals surface area contributed by atoms with Gasteiger partial charge in [0.1, 0.15) is 11.9 Å². The molecule has 2 aromatic heterocycles. The molecule has 0 radical (unpaired) electrons. The number of anilines is 1. The first-order chi connectivity index (χ1) is 12.1. The summed E-state index contributed by atoms with van der Waals surface area (Å²) in [7, 11) is -4.76. The molecular weight excluding hydrogens is 373 g/mol. The fourth-order valence-corrected chi connectivity index (χ4v) is 2.85. The number of hydrogen-bond acceptors (Lipinski definition) is 8. The molecule has 0 aromatic carbocycles. The predicted octanol–water partition coefficient (Wildman–Crippen LogP) is -1.15. The summed E-state index contributed by atoms with van der Waals surface area (Å²) in [5.74, 6) is -1.47. The van der Waals surface area contributed by atoms with Crippen LogP contribution in [0.1, 0.15) is 16.6 Å². The lowest BCUT2D eigenvalue weighted by molar-refractivity contribution is -0.0211. The molecule has 3 rings (SSSR count). The summed E-state index contributed by atoms with van der Waals surface area (Å²) in [6, 6.07) is 0. The van der Waals surface area contributed by atoms with E-state index in [1.165, 1.54) is 16.8 Å². The van der Waals surface area contributed by atoms with Crippen molar-refractivity contribution in [3.8, 4) is 0 Å². The second-order valence-corrected chi connectivity index (χ2v) is 6.60. The Balaban J connectivity index is 2.00. The molecular formula is C12H14N5O8P. The Hall–Kier alpha value is -2.70. The molecule has 26 heavy (non-hydrogen) atoms. The van der Waals surface area contributed by atoms with Gasteiger partial charge in [-0.2, -0.15) is 4.98 Å². The summed E-state index contributed by atoms with van der Waals surface area (Å²) in [4.78, 5) is 47.3. The minimum atomic E-state index is -4.76. The second kappa shape index (κ2) is 6.23. The van der Waals surface area contributed by atoms with Gasteiger partial charge in [-0.05, 0) is 0 Å². The molecule has 3 heterocycles. The van der Waals surface area contributed by atoms with Crippen molar-refractivity contribution in [2.45, 2.75) is 12.3 Å². The van der Waals surface area contributed by atoms with Crippen LogP contribution in [0.15, 0.2) is 22.8 Å². The lowest BCUT2D eigenvalue weighted by Crippen LogP contribution is -2.20. The van der Waals surface area contributed by atoms with Gasteiger partial charge >= 0.3 is 7.82 Å². The number of aliphatic hydroxyl groups is 1. The van der Waals surface area contributed by atoms with Crippen molar-refractivity contribution in [2.24, 2.45) is 5.73 Å². The Morgan fingerprint density at radius 1 is 1.50 bits per heavy atom. The third-order valence-electron chi connectivity index (χ3n) is 3.58. The van der Waals surface area contributed by atoms with Gasteiger partial charge in [0, 0.05) is 12.3 Å². The Kier molecular flexibility index (Phi) is 4.34. The number of phosphoric acid groups is 1. The third-order valence-corrected chi connectivity index (χ3v) is 4.07. The Morgan fingerprint density at radius 2 is 2.19 bits per heavy atom. The van der Waals surface area contributed by atoms with Crippen LogP contribution >= 0.6 is 7.82 Å². The van der Waals surface area contributed by atoms with Crippen LogP contribution in [0.5, 0.6) is 0 Å². The summed E-state index contributed by atoms with van der Waals surface area (Å²) in [5.41, 5.74) is 9.94. The fourth-order valence-electron chi connectivity index (χ4n) is 2.52. The van der Waals surface area contributed by atoms with Crippen molar-refractivity contribution >= 4 is 30.7 Å². The van der Waals surface area contributed by atoms with Gasteiger partial charge in [-0.3, -0.25) is 19.1 Å². The van der Waals surface area contributed by atoms with E-state index in [-0.39, 0.29) is 28.3 Å². The SMILES string of the molecule is NC(=O)c1cn(C2C=C(O)C(COP(=O)(O)O)O2)c2nc(N)[nH]c(=O)c12. The number of carbonyl (C=O) groups excluding carboxylic acids is 1.